The van der Waals surface area contributed by atoms with Crippen LogP contribution in [0.25, 0.3) is 0 Å². The maximum atomic E-state index is 14.7. The number of carbonyl (C=O) groups excluding carboxylic acids is 1. The zero-order valence-corrected chi connectivity index (χ0v) is 43.7. The van der Waals surface area contributed by atoms with E-state index in [1.54, 1.807) is 55.5 Å². The molecule has 0 radical (unpaired) electrons. The van der Waals surface area contributed by atoms with Crippen molar-refractivity contribution in [3.8, 4) is 18.1 Å². The fourth-order valence-corrected chi connectivity index (χ4v) is 10.5. The number of ether oxygens (including phenoxy) is 7. The van der Waals surface area contributed by atoms with Crippen molar-refractivity contribution >= 4 is 11.9 Å². The molecule has 0 aliphatic carbocycles. The molecule has 5 heterocycles. The SMILES string of the molecule is CCCN(C[C@]1(O)[C@H](C)O[C@@H](O[C@H]2[C@H](C)[C@@H](O[C@@H]3O[C@H](C)C[C@H](NC)[C@H]3Oc3ncc(C#N)cn3)[C@](C)(O)C[C@@H](C)CN[C@H](C)[C@@H](O)[C@](C)(O)[C@@H](CC)OC(=O)[C@@H]2C)C[C@@]1(C)OC)c1ncc(C#N)cn1. The Morgan fingerprint density at radius 3 is 2.10 bits per heavy atom. The van der Waals surface area contributed by atoms with Gasteiger partial charge < -0.3 is 69.1 Å². The topological polar surface area (TPSA) is 289 Å². The molecule has 0 spiro atoms. The van der Waals surface area contributed by atoms with E-state index in [-0.39, 0.29) is 61.0 Å². The van der Waals surface area contributed by atoms with Crippen LogP contribution in [0.3, 0.4) is 0 Å². The van der Waals surface area contributed by atoms with Crippen LogP contribution in [-0.4, -0.2) is 170 Å². The molecule has 0 aromatic carbocycles. The predicted molar refractivity (Wildman–Crippen MR) is 258 cm³/mol. The van der Waals surface area contributed by atoms with Gasteiger partial charge in [-0.05, 0) is 93.7 Å². The Hall–Kier alpha value is -4.23. The molecule has 0 amide bonds. The number of nitriles is 2. The number of aliphatic hydroxyl groups excluding tert-OH is 1. The molecule has 0 saturated carbocycles. The third-order valence-electron chi connectivity index (χ3n) is 14.9. The van der Waals surface area contributed by atoms with Gasteiger partial charge in [0, 0.05) is 32.0 Å². The van der Waals surface area contributed by atoms with E-state index in [2.05, 4.69) is 30.6 Å². The highest BCUT2D eigenvalue weighted by molar-refractivity contribution is 5.73. The Labute approximate surface area is 418 Å². The molecule has 396 valence electrons. The molecule has 71 heavy (non-hydrogen) atoms. The molecule has 21 nitrogen and oxygen atoms in total. The molecule has 3 fully saturated rings. The first-order valence-corrected chi connectivity index (χ1v) is 24.9. The molecule has 0 unspecified atom stereocenters. The van der Waals surface area contributed by atoms with Crippen LogP contribution >= 0.6 is 0 Å². The minimum Gasteiger partial charge on any atom is -0.459 e. The minimum absolute atomic E-state index is 0.0215. The molecule has 3 saturated heterocycles. The number of nitrogens with one attached hydrogen (secondary N) is 2. The summed E-state index contributed by atoms with van der Waals surface area (Å²) in [7, 11) is 3.27. The Morgan fingerprint density at radius 2 is 1.54 bits per heavy atom. The molecule has 18 atom stereocenters. The number of methoxy groups -OCH3 is 1. The van der Waals surface area contributed by atoms with Gasteiger partial charge in [0.15, 0.2) is 18.7 Å². The number of anilines is 1. The number of carbonyl (C=O) groups is 1. The number of nitrogens with zero attached hydrogens (tertiary/aromatic N) is 7. The average molecular weight is 998 g/mol. The van der Waals surface area contributed by atoms with E-state index >= 15 is 0 Å². The van der Waals surface area contributed by atoms with E-state index in [9.17, 15) is 35.7 Å². The number of esters is 1. The first-order valence-electron chi connectivity index (χ1n) is 24.9. The van der Waals surface area contributed by atoms with Gasteiger partial charge in [0.2, 0.25) is 5.95 Å². The van der Waals surface area contributed by atoms with Crippen molar-refractivity contribution in [3.05, 3.63) is 35.9 Å². The summed E-state index contributed by atoms with van der Waals surface area (Å²) in [6, 6.07) is 3.00. The summed E-state index contributed by atoms with van der Waals surface area (Å²) in [5.74, 6) is -2.71. The third-order valence-corrected chi connectivity index (χ3v) is 14.9. The highest BCUT2D eigenvalue weighted by atomic mass is 16.7. The van der Waals surface area contributed by atoms with Crippen LogP contribution in [0.1, 0.15) is 119 Å². The van der Waals surface area contributed by atoms with Gasteiger partial charge in [-0.2, -0.15) is 10.5 Å². The van der Waals surface area contributed by atoms with Crippen molar-refractivity contribution in [2.75, 3.05) is 38.7 Å². The summed E-state index contributed by atoms with van der Waals surface area (Å²) >= 11 is 0. The smallest absolute Gasteiger partial charge is 0.316 e. The first-order chi connectivity index (χ1) is 33.4. The van der Waals surface area contributed by atoms with Crippen molar-refractivity contribution in [3.63, 3.8) is 0 Å². The second-order valence-corrected chi connectivity index (χ2v) is 20.6. The van der Waals surface area contributed by atoms with Gasteiger partial charge in [-0.15, -0.1) is 0 Å². The molecule has 6 N–H and O–H groups in total. The molecule has 2 aromatic rings. The second-order valence-electron chi connectivity index (χ2n) is 20.6. The van der Waals surface area contributed by atoms with Crippen molar-refractivity contribution < 1.29 is 58.4 Å². The molecular weight excluding hydrogens is 919 g/mol. The standard InChI is InChI=1S/C50H79N9O12/c1-14-16-59(45-55-23-34(20-51)24-56-45)27-50(64)33(8)67-38(19-48(50,10)65-13)69-39-30(5)42(71-44-40(36(53-12)17-29(4)66-44)70-46-57-25-35(21-52)26-58-46)47(9,62)18-28(3)22-54-32(7)41(60)49(11,63)37(15-2)68-43(61)31(39)6/h23-26,28-33,36-42,44,53-54,60,62-64H,14-19,22,27H2,1-13H3/t28-,29-,30+,31-,32-,33+,36+,37-,38+,39+,40-,41-,42-,44+,47-,48-,49-,50+/m1/s1. The van der Waals surface area contributed by atoms with Crippen molar-refractivity contribution in [2.45, 2.75) is 198 Å². The Morgan fingerprint density at radius 1 is 0.915 bits per heavy atom. The largest absolute Gasteiger partial charge is 0.459 e. The molecule has 21 heteroatoms. The van der Waals surface area contributed by atoms with Gasteiger partial charge >= 0.3 is 12.0 Å². The summed E-state index contributed by atoms with van der Waals surface area (Å²) in [6.07, 6.45) is -2.35. The molecular formula is C50H79N9O12. The van der Waals surface area contributed by atoms with Gasteiger partial charge in [-0.1, -0.05) is 27.7 Å². The molecule has 5 rings (SSSR count). The van der Waals surface area contributed by atoms with E-state index in [1.807, 2.05) is 37.8 Å². The lowest BCUT2D eigenvalue weighted by molar-refractivity contribution is -0.334. The maximum Gasteiger partial charge on any atom is 0.316 e. The monoisotopic (exact) mass is 998 g/mol. The van der Waals surface area contributed by atoms with E-state index in [4.69, 9.17) is 33.2 Å². The van der Waals surface area contributed by atoms with Crippen LogP contribution in [0.4, 0.5) is 5.95 Å². The summed E-state index contributed by atoms with van der Waals surface area (Å²) in [6.45, 7) is 20.1. The number of rotatable bonds is 14. The number of hydrogen-bond acceptors (Lipinski definition) is 21. The predicted octanol–water partition coefficient (Wildman–Crippen LogP) is 2.91. The number of likely N-dealkylation sites (N-methyl/N-ethyl adjacent to an activating group) is 1. The number of hydrogen-bond donors (Lipinski definition) is 6. The van der Waals surface area contributed by atoms with E-state index in [0.717, 1.165) is 0 Å². The highest BCUT2D eigenvalue weighted by Crippen LogP contribution is 2.44. The number of cyclic esters (lactones) is 1. The van der Waals surface area contributed by atoms with E-state index in [1.165, 1.54) is 38.8 Å². The lowest BCUT2D eigenvalue weighted by atomic mass is 9.74. The summed E-state index contributed by atoms with van der Waals surface area (Å²) in [5, 5.41) is 74.5. The first kappa shape index (κ1) is 57.7. The Kier molecular flexibility index (Phi) is 19.7. The highest BCUT2D eigenvalue weighted by Gasteiger charge is 2.59. The van der Waals surface area contributed by atoms with Crippen LogP contribution in [0.5, 0.6) is 6.01 Å². The summed E-state index contributed by atoms with van der Waals surface area (Å²) in [5.41, 5.74) is -6.08. The Balaban J connectivity index is 1.59. The third kappa shape index (κ3) is 13.1. The zero-order chi connectivity index (χ0) is 52.6. The van der Waals surface area contributed by atoms with Crippen molar-refractivity contribution in [1.29, 1.82) is 10.5 Å². The Bertz CT molecular complexity index is 2110. The van der Waals surface area contributed by atoms with Gasteiger partial charge in [0.1, 0.15) is 41.1 Å². The van der Waals surface area contributed by atoms with Crippen LogP contribution in [-0.2, 0) is 33.2 Å². The maximum absolute atomic E-state index is 14.7. The summed E-state index contributed by atoms with van der Waals surface area (Å²) in [4.78, 5) is 33.8. The van der Waals surface area contributed by atoms with Gasteiger partial charge in [-0.3, -0.25) is 4.79 Å². The van der Waals surface area contributed by atoms with Crippen LogP contribution < -0.4 is 20.3 Å². The molecule has 3 aliphatic rings. The van der Waals surface area contributed by atoms with Crippen LogP contribution in [0.15, 0.2) is 24.8 Å². The second kappa shape index (κ2) is 24.2. The van der Waals surface area contributed by atoms with E-state index in [0.29, 0.717) is 31.9 Å². The van der Waals surface area contributed by atoms with Crippen molar-refractivity contribution in [2.24, 2.45) is 17.8 Å². The summed E-state index contributed by atoms with van der Waals surface area (Å²) < 4.78 is 46.0. The fraction of sp³-hybridized carbons (Fsp3) is 0.780. The molecule has 0 bridgehead atoms. The quantitative estimate of drug-likeness (QED) is 0.148. The average Bonchev–Trinajstić information content (AvgIpc) is 3.34. The normalized spacial score (nSPS) is 39.7. The van der Waals surface area contributed by atoms with Gasteiger partial charge in [-0.25, -0.2) is 19.9 Å². The fourth-order valence-electron chi connectivity index (χ4n) is 10.5. The number of aliphatic hydroxyl groups is 4. The lowest BCUT2D eigenvalue weighted by Crippen LogP contribution is -2.70. The van der Waals surface area contributed by atoms with Crippen molar-refractivity contribution in [1.82, 2.24) is 30.6 Å². The van der Waals surface area contributed by atoms with Crippen LogP contribution in [0.2, 0.25) is 0 Å². The zero-order valence-electron chi connectivity index (χ0n) is 43.7. The molecule has 3 aliphatic heterocycles. The van der Waals surface area contributed by atoms with E-state index < -0.39 is 95.5 Å². The van der Waals surface area contributed by atoms with Gasteiger partial charge in [0.25, 0.3) is 0 Å². The minimum atomic E-state index is -1.88. The van der Waals surface area contributed by atoms with Crippen LogP contribution in [0, 0.1) is 40.4 Å². The molecule has 2 aromatic heterocycles. The van der Waals surface area contributed by atoms with Gasteiger partial charge in [0.05, 0.1) is 84.4 Å². The lowest BCUT2D eigenvalue weighted by Gasteiger charge is -2.54. The number of aromatic nitrogens is 4.